The van der Waals surface area contributed by atoms with Gasteiger partial charge in [-0.1, -0.05) is 61.4 Å². The summed E-state index contributed by atoms with van der Waals surface area (Å²) in [6.45, 7) is 5.22. The smallest absolute Gasteiger partial charge is 0.257 e. The second kappa shape index (κ2) is 10.1. The van der Waals surface area contributed by atoms with E-state index in [1.165, 1.54) is 6.42 Å². The molecule has 0 aromatic heterocycles. The maximum absolute atomic E-state index is 13.0. The van der Waals surface area contributed by atoms with Crippen molar-refractivity contribution in [2.24, 2.45) is 5.92 Å². The molecule has 2 N–H and O–H groups in total. The molecule has 1 unspecified atom stereocenters. The molecule has 5 heteroatoms. The average Bonchev–Trinajstić information content (AvgIpc) is 2.75. The third kappa shape index (κ3) is 5.14. The van der Waals surface area contributed by atoms with Crippen molar-refractivity contribution in [2.75, 3.05) is 46.3 Å². The molecule has 3 rings (SSSR count). The fourth-order valence-electron chi connectivity index (χ4n) is 4.26. The highest BCUT2D eigenvalue weighted by Crippen LogP contribution is 2.39. The minimum absolute atomic E-state index is 0.0399. The van der Waals surface area contributed by atoms with Crippen LogP contribution in [0.2, 0.25) is 0 Å². The number of piperazine rings is 1. The lowest BCUT2D eigenvalue weighted by Gasteiger charge is -2.37. The maximum atomic E-state index is 13.0. The van der Waals surface area contributed by atoms with E-state index in [9.17, 15) is 9.90 Å². The van der Waals surface area contributed by atoms with E-state index in [1.807, 2.05) is 30.3 Å². The highest BCUT2D eigenvalue weighted by Gasteiger charge is 2.45. The van der Waals surface area contributed by atoms with Crippen molar-refractivity contribution in [1.29, 1.82) is 0 Å². The molecule has 0 radical (unpaired) electrons. The van der Waals surface area contributed by atoms with E-state index in [0.29, 0.717) is 5.56 Å². The number of rotatable bonds is 5. The molecular weight excluding hydrogens is 350 g/mol. The molecule has 2 aliphatic rings. The molecule has 0 spiro atoms. The van der Waals surface area contributed by atoms with Gasteiger partial charge in [0.2, 0.25) is 0 Å². The lowest BCUT2D eigenvalue weighted by molar-refractivity contribution is -0.149. The Balaban J connectivity index is 1.58. The monoisotopic (exact) mass is 383 g/mol. The number of nitrogens with one attached hydrogen (secondary N) is 1. The van der Waals surface area contributed by atoms with Crippen LogP contribution >= 0.6 is 0 Å². The number of aliphatic hydroxyl groups is 1. The average molecular weight is 384 g/mol. The molecule has 1 saturated carbocycles. The Labute approximate surface area is 169 Å². The van der Waals surface area contributed by atoms with Gasteiger partial charge in [-0.3, -0.25) is 9.69 Å². The molecule has 5 nitrogen and oxygen atoms in total. The maximum Gasteiger partial charge on any atom is 0.257 e. The summed E-state index contributed by atoms with van der Waals surface area (Å²) in [5, 5.41) is 14.4. The van der Waals surface area contributed by atoms with Crippen molar-refractivity contribution in [3.63, 3.8) is 0 Å². The van der Waals surface area contributed by atoms with Gasteiger partial charge in [0, 0.05) is 32.1 Å². The molecule has 1 aromatic carbocycles. The van der Waals surface area contributed by atoms with Crippen molar-refractivity contribution in [2.45, 2.75) is 37.7 Å². The van der Waals surface area contributed by atoms with Gasteiger partial charge in [-0.15, -0.1) is 0 Å². The summed E-state index contributed by atoms with van der Waals surface area (Å²) in [5.74, 6) is 5.85. The van der Waals surface area contributed by atoms with E-state index in [1.54, 1.807) is 0 Å². The van der Waals surface area contributed by atoms with Crippen molar-refractivity contribution >= 4 is 5.91 Å². The molecule has 1 amide bonds. The first kappa shape index (κ1) is 20.9. The summed E-state index contributed by atoms with van der Waals surface area (Å²) in [7, 11) is 2.14. The summed E-state index contributed by atoms with van der Waals surface area (Å²) < 4.78 is 0. The molecule has 1 saturated heterocycles. The predicted molar refractivity (Wildman–Crippen MR) is 112 cm³/mol. The number of likely N-dealkylation sites (N-methyl/N-ethyl adjacent to an activating group) is 1. The van der Waals surface area contributed by atoms with Gasteiger partial charge in [0.15, 0.2) is 5.60 Å². The number of nitrogens with zero attached hydrogens (tertiary/aromatic N) is 2. The van der Waals surface area contributed by atoms with Crippen LogP contribution in [0.5, 0.6) is 0 Å². The van der Waals surface area contributed by atoms with Crippen LogP contribution in [0.25, 0.3) is 0 Å². The number of carbonyl (C=O) groups excluding carboxylic acids is 1. The van der Waals surface area contributed by atoms with E-state index < -0.39 is 5.60 Å². The standard InChI is InChI=1S/C23H33N3O2/c1-25-16-18-26(19-17-25)15-9-8-14-24-22(27)23(28,20-10-4-2-5-11-20)21-12-6-3-7-13-21/h2,4-5,10-11,21,28H,3,6-7,12-19H2,1H3,(H,24,27). The third-order valence-electron chi connectivity index (χ3n) is 6.12. The first-order valence-corrected chi connectivity index (χ1v) is 10.5. The van der Waals surface area contributed by atoms with Gasteiger partial charge in [-0.05, 0) is 25.5 Å². The molecule has 1 aliphatic carbocycles. The summed E-state index contributed by atoms with van der Waals surface area (Å²) in [6.07, 6.45) is 5.08. The van der Waals surface area contributed by atoms with Gasteiger partial charge in [0.1, 0.15) is 0 Å². The largest absolute Gasteiger partial charge is 0.375 e. The minimum Gasteiger partial charge on any atom is -0.375 e. The van der Waals surface area contributed by atoms with Crippen LogP contribution in [0.15, 0.2) is 30.3 Å². The summed E-state index contributed by atoms with van der Waals surface area (Å²) in [6, 6.07) is 9.38. The molecule has 1 aromatic rings. The zero-order valence-corrected chi connectivity index (χ0v) is 17.0. The molecule has 1 atom stereocenters. The molecule has 2 fully saturated rings. The van der Waals surface area contributed by atoms with Crippen LogP contribution in [0.1, 0.15) is 37.7 Å². The fourth-order valence-corrected chi connectivity index (χ4v) is 4.26. The SMILES string of the molecule is CN1CCN(CC#CCNC(=O)C(O)(c2ccccc2)C2CCCCC2)CC1. The van der Waals surface area contributed by atoms with Crippen molar-refractivity contribution in [3.8, 4) is 11.8 Å². The zero-order valence-electron chi connectivity index (χ0n) is 17.0. The molecule has 28 heavy (non-hydrogen) atoms. The van der Waals surface area contributed by atoms with E-state index in [4.69, 9.17) is 0 Å². The van der Waals surface area contributed by atoms with Crippen LogP contribution in [-0.2, 0) is 10.4 Å². The number of hydrogen-bond acceptors (Lipinski definition) is 4. The molecule has 152 valence electrons. The van der Waals surface area contributed by atoms with E-state index in [2.05, 4.69) is 34.0 Å². The fraction of sp³-hybridized carbons (Fsp3) is 0.609. The van der Waals surface area contributed by atoms with E-state index >= 15 is 0 Å². The van der Waals surface area contributed by atoms with Crippen molar-refractivity contribution in [1.82, 2.24) is 15.1 Å². The second-order valence-corrected chi connectivity index (χ2v) is 8.08. The molecule has 0 bridgehead atoms. The number of benzene rings is 1. The topological polar surface area (TPSA) is 55.8 Å². The van der Waals surface area contributed by atoms with Crippen molar-refractivity contribution < 1.29 is 9.90 Å². The third-order valence-corrected chi connectivity index (χ3v) is 6.12. The van der Waals surface area contributed by atoms with Crippen LogP contribution in [0.4, 0.5) is 0 Å². The van der Waals surface area contributed by atoms with Gasteiger partial charge in [-0.2, -0.15) is 0 Å². The van der Waals surface area contributed by atoms with Crippen LogP contribution < -0.4 is 5.32 Å². The van der Waals surface area contributed by atoms with Gasteiger partial charge in [0.05, 0.1) is 13.1 Å². The number of hydrogen-bond donors (Lipinski definition) is 2. The van der Waals surface area contributed by atoms with Crippen LogP contribution in [0, 0.1) is 17.8 Å². The van der Waals surface area contributed by atoms with E-state index in [0.717, 1.165) is 58.4 Å². The Bertz CT molecular complexity index is 683. The van der Waals surface area contributed by atoms with E-state index in [-0.39, 0.29) is 18.4 Å². The molecular formula is C23H33N3O2. The Hall–Kier alpha value is -1.87. The highest BCUT2D eigenvalue weighted by atomic mass is 16.3. The first-order chi connectivity index (χ1) is 13.6. The van der Waals surface area contributed by atoms with Crippen molar-refractivity contribution in [3.05, 3.63) is 35.9 Å². The summed E-state index contributed by atoms with van der Waals surface area (Å²) in [4.78, 5) is 17.7. The van der Waals surface area contributed by atoms with Gasteiger partial charge >= 0.3 is 0 Å². The number of amides is 1. The number of carbonyl (C=O) groups is 1. The highest BCUT2D eigenvalue weighted by molar-refractivity contribution is 5.87. The minimum atomic E-state index is -1.47. The lowest BCUT2D eigenvalue weighted by atomic mass is 9.73. The Morgan fingerprint density at radius 2 is 1.79 bits per heavy atom. The Morgan fingerprint density at radius 3 is 2.46 bits per heavy atom. The predicted octanol–water partition coefficient (Wildman–Crippen LogP) is 1.82. The summed E-state index contributed by atoms with van der Waals surface area (Å²) >= 11 is 0. The van der Waals surface area contributed by atoms with Crippen LogP contribution in [-0.4, -0.2) is 67.1 Å². The molecule has 1 heterocycles. The normalized spacial score (nSPS) is 21.4. The molecule has 1 aliphatic heterocycles. The van der Waals surface area contributed by atoms with Gasteiger partial charge in [0.25, 0.3) is 5.91 Å². The second-order valence-electron chi connectivity index (χ2n) is 8.08. The zero-order chi connectivity index (χ0) is 19.8. The summed E-state index contributed by atoms with van der Waals surface area (Å²) in [5.41, 5.74) is -0.786. The Morgan fingerprint density at radius 1 is 1.11 bits per heavy atom. The van der Waals surface area contributed by atoms with Crippen LogP contribution in [0.3, 0.4) is 0 Å². The Kier molecular flexibility index (Phi) is 7.50. The quantitative estimate of drug-likeness (QED) is 0.762. The van der Waals surface area contributed by atoms with Gasteiger partial charge < -0.3 is 15.3 Å². The lowest BCUT2D eigenvalue weighted by Crippen LogP contribution is -2.50. The van der Waals surface area contributed by atoms with Gasteiger partial charge in [-0.25, -0.2) is 0 Å². The first-order valence-electron chi connectivity index (χ1n) is 10.5.